The van der Waals surface area contributed by atoms with Crippen molar-refractivity contribution >= 4 is 18.0 Å². The van der Waals surface area contributed by atoms with Gasteiger partial charge in [0.1, 0.15) is 5.54 Å². The molecule has 0 spiro atoms. The standard InChI is InChI=1S/C21H18ClN2O.Fm/c1-16-11-13-18(14-12-16)21(24-23-15-25,17-7-3-2-4-8-17)19-9-5-6-10-20(19)22;/h2-14,24H,1H3,(H,23,25);/q-1;. The summed E-state index contributed by atoms with van der Waals surface area (Å²) in [4.78, 5) is 11.0. The van der Waals surface area contributed by atoms with Gasteiger partial charge in [-0.1, -0.05) is 90.0 Å². The van der Waals surface area contributed by atoms with Gasteiger partial charge in [0.15, 0.2) is 0 Å². The molecule has 0 aromatic heterocycles. The van der Waals surface area contributed by atoms with E-state index < -0.39 is 5.54 Å². The second-order valence-corrected chi connectivity index (χ2v) is 6.22. The first kappa shape index (κ1) is 18.7. The van der Waals surface area contributed by atoms with Crippen molar-refractivity contribution in [2.75, 3.05) is 0 Å². The summed E-state index contributed by atoms with van der Waals surface area (Å²) in [5.74, 6) is 0. The normalized spacial score (nSPS) is 12.5. The zero-order valence-corrected chi connectivity index (χ0v) is 17.2. The third-order valence-electron chi connectivity index (χ3n) is 4.27. The van der Waals surface area contributed by atoms with Gasteiger partial charge in [-0.05, 0) is 24.1 Å². The molecule has 0 radical (unpaired) electrons. The first-order chi connectivity index (χ1) is 12.2. The number of hydrazine groups is 1. The summed E-state index contributed by atoms with van der Waals surface area (Å²) in [5, 5.41) is 0.604. The van der Waals surface area contributed by atoms with E-state index in [1.165, 1.54) is 0 Å². The summed E-state index contributed by atoms with van der Waals surface area (Å²) >= 11 is 6.55. The summed E-state index contributed by atoms with van der Waals surface area (Å²) in [6, 6.07) is 25.6. The monoisotopic (exact) mass is 606 g/mol. The molecule has 0 saturated heterocycles. The molecule has 0 saturated carbocycles. The topological polar surface area (TPSA) is 41.1 Å². The van der Waals surface area contributed by atoms with E-state index in [1.807, 2.05) is 85.8 Å². The predicted molar refractivity (Wildman–Crippen MR) is 101 cm³/mol. The molecule has 3 aromatic rings. The predicted octanol–water partition coefficient (Wildman–Crippen LogP) is 4.10. The van der Waals surface area contributed by atoms with Gasteiger partial charge in [-0.2, -0.15) is 6.41 Å². The summed E-state index contributed by atoms with van der Waals surface area (Å²) in [7, 11) is 0. The number of hydrogen-bond donors (Lipinski definition) is 2. The van der Waals surface area contributed by atoms with Crippen LogP contribution >= 0.6 is 11.6 Å². The SMILES string of the molecule is Cc1ccc(C(NN[C-]=O)(c2ccccc2)c2ccccc2Cl)cc1.[Fm]. The molecule has 5 heteroatoms. The van der Waals surface area contributed by atoms with Crippen molar-refractivity contribution in [3.63, 3.8) is 0 Å². The minimum atomic E-state index is -0.843. The molecule has 0 aliphatic carbocycles. The Labute approximate surface area is 152 Å². The molecule has 0 fully saturated rings. The molecule has 3 nitrogen and oxygen atoms in total. The minimum absolute atomic E-state index is 0. The molecule has 1 unspecified atom stereocenters. The van der Waals surface area contributed by atoms with E-state index in [9.17, 15) is 4.79 Å². The number of carbonyl (C=O) groups excluding carboxylic acids is 1. The summed E-state index contributed by atoms with van der Waals surface area (Å²) in [6.45, 7) is 2.04. The van der Waals surface area contributed by atoms with Crippen molar-refractivity contribution in [2.24, 2.45) is 0 Å². The summed E-state index contributed by atoms with van der Waals surface area (Å²) < 4.78 is 0. The molecule has 3 aromatic carbocycles. The van der Waals surface area contributed by atoms with Crippen LogP contribution in [0.15, 0.2) is 78.9 Å². The van der Waals surface area contributed by atoms with Crippen LogP contribution in [0.1, 0.15) is 22.3 Å². The Morgan fingerprint density at radius 3 is 2.04 bits per heavy atom. The van der Waals surface area contributed by atoms with Crippen molar-refractivity contribution in [3.05, 3.63) is 106 Å². The summed E-state index contributed by atoms with van der Waals surface area (Å²) in [5.41, 5.74) is 8.71. The second-order valence-electron chi connectivity index (χ2n) is 5.81. The van der Waals surface area contributed by atoms with Crippen LogP contribution in [0.5, 0.6) is 0 Å². The number of nitrogens with one attached hydrogen (secondary N) is 2. The van der Waals surface area contributed by atoms with E-state index in [0.717, 1.165) is 22.3 Å². The fraction of sp³-hybridized carbons (Fsp3) is 0.0952. The molecular formula is C21H18ClFmN2O-. The van der Waals surface area contributed by atoms with Crippen LogP contribution < -0.4 is 10.9 Å². The van der Waals surface area contributed by atoms with Crippen LogP contribution in [0, 0.1) is 6.92 Å². The molecule has 26 heavy (non-hydrogen) atoms. The van der Waals surface area contributed by atoms with Crippen molar-refractivity contribution in [2.45, 2.75) is 12.5 Å². The van der Waals surface area contributed by atoms with E-state index in [-0.39, 0.29) is 0 Å². The average Bonchev–Trinajstić information content (AvgIpc) is 2.65. The van der Waals surface area contributed by atoms with Gasteiger partial charge in [0.05, 0.1) is 0 Å². The smallest absolute Gasteiger partial charge is 0.111 e. The Morgan fingerprint density at radius 2 is 1.42 bits per heavy atom. The molecule has 1 atom stereocenters. The minimum Gasteiger partial charge on any atom is -0.519 e. The quantitative estimate of drug-likeness (QED) is 0.192. The number of rotatable bonds is 6. The van der Waals surface area contributed by atoms with Crippen LogP contribution in [-0.2, 0) is 10.3 Å². The molecule has 0 aliphatic heterocycles. The number of hydrogen-bond acceptors (Lipinski definition) is 2. The molecule has 3 rings (SSSR count). The number of amides is 1. The van der Waals surface area contributed by atoms with Crippen molar-refractivity contribution in [3.8, 4) is 0 Å². The van der Waals surface area contributed by atoms with Crippen LogP contribution in [0.3, 0.4) is 0 Å². The zero-order valence-electron chi connectivity index (χ0n) is 14.1. The fourth-order valence-electron chi connectivity index (χ4n) is 3.07. The van der Waals surface area contributed by atoms with Crippen molar-refractivity contribution < 1.29 is 4.79 Å². The number of aryl methyl sites for hydroxylation is 1. The van der Waals surface area contributed by atoms with Crippen LogP contribution in [0.25, 0.3) is 0 Å². The maximum atomic E-state index is 11.0. The van der Waals surface area contributed by atoms with Gasteiger partial charge in [-0.3, -0.25) is 0 Å². The first-order valence-corrected chi connectivity index (χ1v) is 8.33. The van der Waals surface area contributed by atoms with Crippen molar-refractivity contribution in [1.82, 2.24) is 10.9 Å². The molecule has 1 amide bonds. The Bertz CT molecular complexity index is 855. The molecule has 2 N–H and O–H groups in total. The van der Waals surface area contributed by atoms with Gasteiger partial charge >= 0.3 is 0 Å². The number of halogens is 1. The van der Waals surface area contributed by atoms with Gasteiger partial charge in [-0.25, -0.2) is 5.43 Å². The Morgan fingerprint density at radius 1 is 0.846 bits per heavy atom. The van der Waals surface area contributed by atoms with E-state index in [0.29, 0.717) is 5.02 Å². The third-order valence-corrected chi connectivity index (χ3v) is 4.60. The van der Waals surface area contributed by atoms with E-state index in [4.69, 9.17) is 11.6 Å². The Balaban J connectivity index is 0.00000243. The maximum absolute atomic E-state index is 11.0. The Kier molecular flexibility index (Phi) is 5.74. The molecule has 0 heterocycles. The van der Waals surface area contributed by atoms with Gasteiger partial charge in [-0.15, -0.1) is 0 Å². The van der Waals surface area contributed by atoms with E-state index in [2.05, 4.69) is 10.9 Å². The first-order valence-electron chi connectivity index (χ1n) is 7.95. The molecular weight excluding hydrogens is 589 g/mol. The third kappa shape index (κ3) is 3.27. The zero-order chi connectivity index (χ0) is 17.7. The van der Waals surface area contributed by atoms with Gasteiger partial charge in [0, 0.05) is 10.6 Å². The van der Waals surface area contributed by atoms with Crippen LogP contribution in [0.4, 0.5) is 0 Å². The van der Waals surface area contributed by atoms with Crippen molar-refractivity contribution in [1.29, 1.82) is 0 Å². The van der Waals surface area contributed by atoms with E-state index >= 15 is 0 Å². The largest absolute Gasteiger partial charge is 0.519 e. The van der Waals surface area contributed by atoms with E-state index in [1.54, 1.807) is 6.41 Å². The van der Waals surface area contributed by atoms with Gasteiger partial charge < -0.3 is 10.2 Å². The maximum Gasteiger partial charge on any atom is 0.111 e. The fourth-order valence-corrected chi connectivity index (χ4v) is 3.34. The molecule has 0 bridgehead atoms. The molecule has 0 aliphatic rings. The van der Waals surface area contributed by atoms with Crippen LogP contribution in [0.2, 0.25) is 5.02 Å². The molecule has 138 valence electrons. The second kappa shape index (κ2) is 7.97. The average molecular weight is 607 g/mol. The van der Waals surface area contributed by atoms with Gasteiger partial charge in [0.25, 0.3) is 0 Å². The van der Waals surface area contributed by atoms with Crippen LogP contribution in [-0.4, -0.2) is 6.41 Å². The number of benzene rings is 3. The van der Waals surface area contributed by atoms with Gasteiger partial charge in [0.2, 0.25) is 0 Å². The Hall–Kier alpha value is -3.62. The summed E-state index contributed by atoms with van der Waals surface area (Å²) in [6.07, 6.45) is 1.71.